The van der Waals surface area contributed by atoms with E-state index in [0.717, 1.165) is 31.0 Å². The largest absolute Gasteiger partial charge is 0.336 e. The van der Waals surface area contributed by atoms with Gasteiger partial charge in [-0.2, -0.15) is 0 Å². The molecule has 3 N–H and O–H groups in total. The third-order valence-corrected chi connectivity index (χ3v) is 3.73. The zero-order chi connectivity index (χ0) is 12.1. The average molecular weight is 251 g/mol. The summed E-state index contributed by atoms with van der Waals surface area (Å²) in [4.78, 5) is 14.4. The topological polar surface area (TPSA) is 58.4 Å². The van der Waals surface area contributed by atoms with E-state index in [1.54, 1.807) is 11.8 Å². The predicted molar refractivity (Wildman–Crippen MR) is 70.0 cm³/mol. The molecule has 0 radical (unpaired) electrons. The molecular weight excluding hydrogens is 234 g/mol. The molecule has 0 saturated carbocycles. The van der Waals surface area contributed by atoms with Gasteiger partial charge in [-0.3, -0.25) is 0 Å². The smallest absolute Gasteiger partial charge is 0.317 e. The molecule has 0 aromatic heterocycles. The maximum absolute atomic E-state index is 11.3. The first-order valence-corrected chi connectivity index (χ1v) is 6.73. The van der Waals surface area contributed by atoms with Gasteiger partial charge >= 0.3 is 6.03 Å². The molecule has 92 valence electrons. The first-order chi connectivity index (χ1) is 8.29. The Kier molecular flexibility index (Phi) is 4.28. The Morgan fingerprint density at radius 1 is 1.35 bits per heavy atom. The SMILES string of the molecule is NCc1ccc(SCCN2CCNC2=O)cc1. The van der Waals surface area contributed by atoms with Crippen molar-refractivity contribution in [2.24, 2.45) is 5.73 Å². The van der Waals surface area contributed by atoms with E-state index in [0.29, 0.717) is 6.54 Å². The Labute approximate surface area is 106 Å². The van der Waals surface area contributed by atoms with Gasteiger partial charge in [0.25, 0.3) is 0 Å². The van der Waals surface area contributed by atoms with Crippen molar-refractivity contribution >= 4 is 17.8 Å². The maximum Gasteiger partial charge on any atom is 0.317 e. The number of hydrogen-bond donors (Lipinski definition) is 2. The van der Waals surface area contributed by atoms with E-state index in [-0.39, 0.29) is 6.03 Å². The van der Waals surface area contributed by atoms with E-state index in [1.807, 2.05) is 17.0 Å². The Morgan fingerprint density at radius 3 is 2.71 bits per heavy atom. The van der Waals surface area contributed by atoms with E-state index in [9.17, 15) is 4.79 Å². The van der Waals surface area contributed by atoms with E-state index < -0.39 is 0 Å². The lowest BCUT2D eigenvalue weighted by Gasteiger charge is -2.13. The van der Waals surface area contributed by atoms with Gasteiger partial charge in [0.05, 0.1) is 0 Å². The van der Waals surface area contributed by atoms with Crippen LogP contribution in [-0.4, -0.2) is 36.3 Å². The second-order valence-corrected chi connectivity index (χ2v) is 5.08. The summed E-state index contributed by atoms with van der Waals surface area (Å²) in [5.41, 5.74) is 6.69. The van der Waals surface area contributed by atoms with Crippen molar-refractivity contribution < 1.29 is 4.79 Å². The fraction of sp³-hybridized carbons (Fsp3) is 0.417. The Hall–Kier alpha value is -1.20. The first-order valence-electron chi connectivity index (χ1n) is 5.74. The highest BCUT2D eigenvalue weighted by molar-refractivity contribution is 7.99. The minimum Gasteiger partial charge on any atom is -0.336 e. The van der Waals surface area contributed by atoms with Gasteiger partial charge in [-0.25, -0.2) is 4.79 Å². The summed E-state index contributed by atoms with van der Waals surface area (Å²) >= 11 is 1.77. The molecule has 0 unspecified atom stereocenters. The van der Waals surface area contributed by atoms with Crippen LogP contribution in [0.15, 0.2) is 29.2 Å². The van der Waals surface area contributed by atoms with Gasteiger partial charge in [0.1, 0.15) is 0 Å². The molecule has 1 aromatic rings. The Balaban J connectivity index is 1.75. The summed E-state index contributed by atoms with van der Waals surface area (Å²) in [5.74, 6) is 0.926. The lowest BCUT2D eigenvalue weighted by Crippen LogP contribution is -2.30. The van der Waals surface area contributed by atoms with Crippen LogP contribution in [0.1, 0.15) is 5.56 Å². The molecular formula is C12H17N3OS. The van der Waals surface area contributed by atoms with Gasteiger partial charge in [-0.05, 0) is 17.7 Å². The van der Waals surface area contributed by atoms with Crippen molar-refractivity contribution in [3.63, 3.8) is 0 Å². The van der Waals surface area contributed by atoms with Gasteiger partial charge in [-0.1, -0.05) is 12.1 Å². The van der Waals surface area contributed by atoms with E-state index in [4.69, 9.17) is 5.73 Å². The van der Waals surface area contributed by atoms with Crippen molar-refractivity contribution in [3.05, 3.63) is 29.8 Å². The molecule has 1 heterocycles. The zero-order valence-corrected chi connectivity index (χ0v) is 10.5. The summed E-state index contributed by atoms with van der Waals surface area (Å²) < 4.78 is 0. The van der Waals surface area contributed by atoms with Crippen molar-refractivity contribution in [1.29, 1.82) is 0 Å². The number of nitrogens with one attached hydrogen (secondary N) is 1. The molecule has 0 atom stereocenters. The Morgan fingerprint density at radius 2 is 2.12 bits per heavy atom. The predicted octanol–water partition coefficient (Wildman–Crippen LogP) is 1.26. The fourth-order valence-corrected chi connectivity index (χ4v) is 2.60. The molecule has 1 aliphatic heterocycles. The number of rotatable bonds is 5. The number of carbonyl (C=O) groups excluding carboxylic acids is 1. The first kappa shape index (κ1) is 12.3. The molecule has 4 nitrogen and oxygen atoms in total. The highest BCUT2D eigenvalue weighted by Gasteiger charge is 2.18. The molecule has 0 aliphatic carbocycles. The van der Waals surface area contributed by atoms with E-state index in [1.165, 1.54) is 4.90 Å². The number of carbonyl (C=O) groups is 1. The monoisotopic (exact) mass is 251 g/mol. The molecule has 1 aromatic carbocycles. The van der Waals surface area contributed by atoms with Crippen molar-refractivity contribution in [1.82, 2.24) is 10.2 Å². The number of nitrogens with two attached hydrogens (primary N) is 1. The van der Waals surface area contributed by atoms with Gasteiger partial charge < -0.3 is 16.0 Å². The van der Waals surface area contributed by atoms with E-state index >= 15 is 0 Å². The standard InChI is InChI=1S/C12H17N3OS/c13-9-10-1-3-11(4-2-10)17-8-7-15-6-5-14-12(15)16/h1-4H,5-9,13H2,(H,14,16). The van der Waals surface area contributed by atoms with Crippen LogP contribution in [-0.2, 0) is 6.54 Å². The fourth-order valence-electron chi connectivity index (χ4n) is 1.72. The average Bonchev–Trinajstić information content (AvgIpc) is 2.76. The van der Waals surface area contributed by atoms with Crippen LogP contribution < -0.4 is 11.1 Å². The molecule has 1 saturated heterocycles. The van der Waals surface area contributed by atoms with Crippen molar-refractivity contribution in [2.75, 3.05) is 25.4 Å². The summed E-state index contributed by atoms with van der Waals surface area (Å²) in [6, 6.07) is 8.31. The van der Waals surface area contributed by atoms with Gasteiger partial charge in [0, 0.05) is 36.8 Å². The maximum atomic E-state index is 11.3. The number of benzene rings is 1. The van der Waals surface area contributed by atoms with E-state index in [2.05, 4.69) is 17.4 Å². The van der Waals surface area contributed by atoms with Crippen molar-refractivity contribution in [3.8, 4) is 0 Å². The summed E-state index contributed by atoms with van der Waals surface area (Å²) in [5, 5.41) is 2.80. The van der Waals surface area contributed by atoms with Gasteiger partial charge in [0.15, 0.2) is 0 Å². The highest BCUT2D eigenvalue weighted by Crippen LogP contribution is 2.18. The number of nitrogens with zero attached hydrogens (tertiary/aromatic N) is 1. The lowest BCUT2D eigenvalue weighted by atomic mass is 10.2. The normalized spacial score (nSPS) is 15.1. The number of hydrogen-bond acceptors (Lipinski definition) is 3. The minimum absolute atomic E-state index is 0.0593. The van der Waals surface area contributed by atoms with Crippen molar-refractivity contribution in [2.45, 2.75) is 11.4 Å². The van der Waals surface area contributed by atoms with Crippen LogP contribution in [0.4, 0.5) is 4.79 Å². The lowest BCUT2D eigenvalue weighted by molar-refractivity contribution is 0.220. The Bertz CT molecular complexity index is 380. The molecule has 1 aliphatic rings. The summed E-state index contributed by atoms with van der Waals surface area (Å²) in [7, 11) is 0. The summed E-state index contributed by atoms with van der Waals surface area (Å²) in [6.07, 6.45) is 0. The van der Waals surface area contributed by atoms with Crippen LogP contribution >= 0.6 is 11.8 Å². The molecule has 1 fully saturated rings. The highest BCUT2D eigenvalue weighted by atomic mass is 32.2. The van der Waals surface area contributed by atoms with Gasteiger partial charge in [-0.15, -0.1) is 11.8 Å². The number of urea groups is 1. The summed E-state index contributed by atoms with van der Waals surface area (Å²) in [6.45, 7) is 2.98. The van der Waals surface area contributed by atoms with Gasteiger partial charge in [0.2, 0.25) is 0 Å². The van der Waals surface area contributed by atoms with Crippen LogP contribution in [0, 0.1) is 0 Å². The second kappa shape index (κ2) is 5.93. The quantitative estimate of drug-likeness (QED) is 0.775. The third kappa shape index (κ3) is 3.38. The van der Waals surface area contributed by atoms with Crippen LogP contribution in [0.25, 0.3) is 0 Å². The molecule has 2 rings (SSSR count). The number of amides is 2. The van der Waals surface area contributed by atoms with Crippen LogP contribution in [0.5, 0.6) is 0 Å². The molecule has 0 bridgehead atoms. The third-order valence-electron chi connectivity index (χ3n) is 2.73. The zero-order valence-electron chi connectivity index (χ0n) is 9.69. The molecule has 5 heteroatoms. The number of thioether (sulfide) groups is 1. The second-order valence-electron chi connectivity index (χ2n) is 3.92. The van der Waals surface area contributed by atoms with Crippen LogP contribution in [0.3, 0.4) is 0 Å². The molecule has 2 amide bonds. The molecule has 17 heavy (non-hydrogen) atoms. The molecule has 0 spiro atoms. The minimum atomic E-state index is 0.0593. The van der Waals surface area contributed by atoms with Crippen LogP contribution in [0.2, 0.25) is 0 Å².